The summed E-state index contributed by atoms with van der Waals surface area (Å²) in [5.74, 6) is -0.739. The Morgan fingerprint density at radius 3 is 2.18 bits per heavy atom. The first-order valence-electron chi connectivity index (χ1n) is 7.34. The van der Waals surface area contributed by atoms with Gasteiger partial charge in [-0.05, 0) is 35.7 Å². The van der Waals surface area contributed by atoms with Crippen molar-refractivity contribution in [1.82, 2.24) is 5.32 Å². The zero-order valence-corrected chi connectivity index (χ0v) is 13.6. The molecule has 2 aromatic rings. The molecule has 0 fully saturated rings. The van der Waals surface area contributed by atoms with Crippen LogP contribution < -0.4 is 5.32 Å². The molecule has 3 nitrogen and oxygen atoms in total. The Kier molecular flexibility index (Phi) is 6.04. The van der Waals surface area contributed by atoms with Crippen molar-refractivity contribution in [2.45, 2.75) is 36.2 Å². The molecule has 22 heavy (non-hydrogen) atoms. The Bertz CT molecular complexity index is 596. The summed E-state index contributed by atoms with van der Waals surface area (Å²) in [6.45, 7) is 4.38. The lowest BCUT2D eigenvalue weighted by atomic mass is 10.0. The Morgan fingerprint density at radius 2 is 1.64 bits per heavy atom. The van der Waals surface area contributed by atoms with Gasteiger partial charge in [-0.15, -0.1) is 0 Å². The van der Waals surface area contributed by atoms with Crippen molar-refractivity contribution in [1.29, 1.82) is 0 Å². The van der Waals surface area contributed by atoms with Crippen molar-refractivity contribution in [2.24, 2.45) is 5.92 Å². The molecule has 2 rings (SSSR count). The maximum atomic E-state index is 11.2. The Labute approximate surface area is 135 Å². The first-order chi connectivity index (χ1) is 10.6. The van der Waals surface area contributed by atoms with Crippen molar-refractivity contribution >= 4 is 17.7 Å². The highest BCUT2D eigenvalue weighted by atomic mass is 32.2. The highest BCUT2D eigenvalue weighted by Gasteiger charge is 2.20. The molecule has 0 spiro atoms. The van der Waals surface area contributed by atoms with Gasteiger partial charge in [0.05, 0.1) is 0 Å². The molecule has 0 unspecified atom stereocenters. The van der Waals surface area contributed by atoms with Crippen LogP contribution in [0.3, 0.4) is 0 Å². The van der Waals surface area contributed by atoms with Crippen LogP contribution in [0.4, 0.5) is 0 Å². The minimum Gasteiger partial charge on any atom is -0.480 e. The number of carboxylic acid groups (broad SMARTS) is 1. The van der Waals surface area contributed by atoms with Gasteiger partial charge in [0.1, 0.15) is 6.04 Å². The van der Waals surface area contributed by atoms with Gasteiger partial charge < -0.3 is 10.4 Å². The largest absolute Gasteiger partial charge is 0.480 e. The van der Waals surface area contributed by atoms with Crippen molar-refractivity contribution in [3.63, 3.8) is 0 Å². The van der Waals surface area contributed by atoms with E-state index in [4.69, 9.17) is 5.11 Å². The highest BCUT2D eigenvalue weighted by molar-refractivity contribution is 7.99. The predicted molar refractivity (Wildman–Crippen MR) is 90.1 cm³/mol. The van der Waals surface area contributed by atoms with E-state index < -0.39 is 12.0 Å². The lowest BCUT2D eigenvalue weighted by Gasteiger charge is -2.18. The quantitative estimate of drug-likeness (QED) is 0.809. The molecule has 0 aromatic heterocycles. The Balaban J connectivity index is 1.93. The van der Waals surface area contributed by atoms with Crippen LogP contribution in [0.5, 0.6) is 0 Å². The van der Waals surface area contributed by atoms with E-state index in [2.05, 4.69) is 29.6 Å². The summed E-state index contributed by atoms with van der Waals surface area (Å²) < 4.78 is 0. The van der Waals surface area contributed by atoms with E-state index in [-0.39, 0.29) is 5.92 Å². The fraction of sp³-hybridized carbons (Fsp3) is 0.278. The van der Waals surface area contributed by atoms with Crippen LogP contribution in [-0.4, -0.2) is 17.1 Å². The van der Waals surface area contributed by atoms with Crippen LogP contribution in [0.25, 0.3) is 0 Å². The predicted octanol–water partition coefficient (Wildman–Crippen LogP) is 4.04. The summed E-state index contributed by atoms with van der Waals surface area (Å²) in [6.07, 6.45) is 0. The van der Waals surface area contributed by atoms with Gasteiger partial charge in [-0.3, -0.25) is 4.79 Å². The number of nitrogens with one attached hydrogen (secondary N) is 1. The monoisotopic (exact) mass is 315 g/mol. The Hall–Kier alpha value is -1.78. The minimum atomic E-state index is -0.800. The molecule has 0 aliphatic rings. The smallest absolute Gasteiger partial charge is 0.320 e. The fourth-order valence-electron chi connectivity index (χ4n) is 2.14. The van der Waals surface area contributed by atoms with Gasteiger partial charge in [0.25, 0.3) is 0 Å². The molecule has 2 aromatic carbocycles. The highest BCUT2D eigenvalue weighted by Crippen LogP contribution is 2.27. The lowest BCUT2D eigenvalue weighted by Crippen LogP contribution is -2.40. The molecule has 0 aliphatic carbocycles. The van der Waals surface area contributed by atoms with E-state index in [0.717, 1.165) is 5.56 Å². The van der Waals surface area contributed by atoms with E-state index in [9.17, 15) is 4.79 Å². The number of benzene rings is 2. The summed E-state index contributed by atoms with van der Waals surface area (Å²) in [6, 6.07) is 17.9. The zero-order valence-electron chi connectivity index (χ0n) is 12.8. The van der Waals surface area contributed by atoms with Crippen LogP contribution >= 0.6 is 11.8 Å². The second-order valence-corrected chi connectivity index (χ2v) is 6.65. The van der Waals surface area contributed by atoms with E-state index >= 15 is 0 Å². The average Bonchev–Trinajstić information content (AvgIpc) is 2.49. The molecule has 0 aliphatic heterocycles. The molecule has 2 N–H and O–H groups in total. The number of aliphatic carboxylic acids is 1. The number of rotatable bonds is 7. The zero-order chi connectivity index (χ0) is 15.9. The van der Waals surface area contributed by atoms with Crippen LogP contribution in [-0.2, 0) is 11.3 Å². The maximum absolute atomic E-state index is 11.2. The van der Waals surface area contributed by atoms with E-state index in [1.165, 1.54) is 9.79 Å². The first-order valence-corrected chi connectivity index (χ1v) is 8.16. The van der Waals surface area contributed by atoms with Crippen LogP contribution in [0.2, 0.25) is 0 Å². The molecule has 116 valence electrons. The van der Waals surface area contributed by atoms with Gasteiger partial charge in [0.15, 0.2) is 0 Å². The van der Waals surface area contributed by atoms with Crippen LogP contribution in [0, 0.1) is 5.92 Å². The molecule has 0 saturated carbocycles. The summed E-state index contributed by atoms with van der Waals surface area (Å²) in [5, 5.41) is 12.3. The average molecular weight is 315 g/mol. The summed E-state index contributed by atoms with van der Waals surface area (Å²) in [4.78, 5) is 13.5. The number of hydrogen-bond acceptors (Lipinski definition) is 3. The molecular formula is C18H21NO2S. The number of hydrogen-bond donors (Lipinski definition) is 2. The fourth-order valence-corrected chi connectivity index (χ4v) is 2.97. The molecule has 1 atom stereocenters. The van der Waals surface area contributed by atoms with Gasteiger partial charge in [-0.25, -0.2) is 0 Å². The van der Waals surface area contributed by atoms with Gasteiger partial charge in [0.2, 0.25) is 0 Å². The second kappa shape index (κ2) is 8.01. The first kappa shape index (κ1) is 16.6. The van der Waals surface area contributed by atoms with Crippen molar-refractivity contribution < 1.29 is 9.90 Å². The molecule has 4 heteroatoms. The van der Waals surface area contributed by atoms with Gasteiger partial charge in [0, 0.05) is 16.3 Å². The topological polar surface area (TPSA) is 49.3 Å². The molecule has 0 radical (unpaired) electrons. The van der Waals surface area contributed by atoms with E-state index in [0.29, 0.717) is 6.54 Å². The Morgan fingerprint density at radius 1 is 1.05 bits per heavy atom. The van der Waals surface area contributed by atoms with E-state index in [1.54, 1.807) is 11.8 Å². The van der Waals surface area contributed by atoms with Crippen molar-refractivity contribution in [3.05, 3.63) is 60.2 Å². The minimum absolute atomic E-state index is 0.0606. The third-order valence-corrected chi connectivity index (χ3v) is 4.38. The standard InChI is InChI=1S/C18H21NO2S/c1-13(2)17(18(20)21)19-12-14-8-10-16(11-9-14)22-15-6-4-3-5-7-15/h3-11,13,17,19H,12H2,1-2H3,(H,20,21)/t17-/m0/s1. The van der Waals surface area contributed by atoms with Gasteiger partial charge in [-0.2, -0.15) is 0 Å². The molecule has 0 heterocycles. The maximum Gasteiger partial charge on any atom is 0.320 e. The van der Waals surface area contributed by atoms with E-state index in [1.807, 2.05) is 44.2 Å². The van der Waals surface area contributed by atoms with Crippen molar-refractivity contribution in [2.75, 3.05) is 0 Å². The van der Waals surface area contributed by atoms with Crippen molar-refractivity contribution in [3.8, 4) is 0 Å². The van der Waals surface area contributed by atoms with Crippen LogP contribution in [0.15, 0.2) is 64.4 Å². The summed E-state index contributed by atoms with van der Waals surface area (Å²) in [7, 11) is 0. The summed E-state index contributed by atoms with van der Waals surface area (Å²) >= 11 is 1.72. The molecule has 0 amide bonds. The molecule has 0 bridgehead atoms. The van der Waals surface area contributed by atoms with Gasteiger partial charge >= 0.3 is 5.97 Å². The second-order valence-electron chi connectivity index (χ2n) is 5.50. The third-order valence-electron chi connectivity index (χ3n) is 3.36. The SMILES string of the molecule is CC(C)[C@H](NCc1ccc(Sc2ccccc2)cc1)C(=O)O. The van der Waals surface area contributed by atoms with Gasteiger partial charge in [-0.1, -0.05) is 55.9 Å². The summed E-state index contributed by atoms with van der Waals surface area (Å²) in [5.41, 5.74) is 1.09. The molecule has 0 saturated heterocycles. The lowest BCUT2D eigenvalue weighted by molar-refractivity contribution is -0.140. The number of carbonyl (C=O) groups is 1. The third kappa shape index (κ3) is 4.90. The normalized spacial score (nSPS) is 12.3. The number of carboxylic acids is 1. The molecular weight excluding hydrogens is 294 g/mol. The van der Waals surface area contributed by atoms with Crippen LogP contribution in [0.1, 0.15) is 19.4 Å².